The summed E-state index contributed by atoms with van der Waals surface area (Å²) in [5.41, 5.74) is 0.484. The van der Waals surface area contributed by atoms with Crippen molar-refractivity contribution in [2.45, 2.75) is 89.3 Å². The fraction of sp³-hybridized carbons (Fsp3) is 1.00. The number of fused-ring (bicyclic) bond motifs is 2. The van der Waals surface area contributed by atoms with Crippen LogP contribution in [0.1, 0.15) is 71.6 Å². The molecule has 4 rings (SSSR count). The van der Waals surface area contributed by atoms with Gasteiger partial charge in [0.25, 0.3) is 0 Å². The summed E-state index contributed by atoms with van der Waals surface area (Å²) in [5, 5.41) is 3.96. The van der Waals surface area contributed by atoms with Gasteiger partial charge in [0, 0.05) is 30.7 Å². The fourth-order valence-corrected chi connectivity index (χ4v) is 6.36. The minimum Gasteiger partial charge on any atom is -0.308 e. The second-order valence-corrected chi connectivity index (χ2v) is 8.68. The number of nitrogens with zero attached hydrogens (tertiary/aromatic N) is 1. The van der Waals surface area contributed by atoms with Crippen LogP contribution in [-0.4, -0.2) is 35.6 Å². The number of nitrogens with one attached hydrogen (secondary N) is 1. The van der Waals surface area contributed by atoms with E-state index < -0.39 is 0 Å². The SMILES string of the molecule is CCC1CNC2(CCCC2)CN1C(C)C1CC2CCC1C2. The Kier molecular flexibility index (Phi) is 3.82. The molecule has 3 saturated carbocycles. The van der Waals surface area contributed by atoms with Crippen molar-refractivity contribution in [3.05, 3.63) is 0 Å². The molecule has 21 heavy (non-hydrogen) atoms. The summed E-state index contributed by atoms with van der Waals surface area (Å²) >= 11 is 0. The zero-order valence-corrected chi connectivity index (χ0v) is 14.1. The van der Waals surface area contributed by atoms with E-state index in [0.717, 1.165) is 29.8 Å². The summed E-state index contributed by atoms with van der Waals surface area (Å²) < 4.78 is 0. The van der Waals surface area contributed by atoms with Crippen LogP contribution in [0.25, 0.3) is 0 Å². The quantitative estimate of drug-likeness (QED) is 0.850. The maximum atomic E-state index is 3.96. The number of hydrogen-bond donors (Lipinski definition) is 1. The molecule has 1 N–H and O–H groups in total. The van der Waals surface area contributed by atoms with Crippen molar-refractivity contribution in [1.29, 1.82) is 0 Å². The third kappa shape index (κ3) is 2.47. The molecule has 5 atom stereocenters. The molecule has 0 amide bonds. The summed E-state index contributed by atoms with van der Waals surface area (Å²) in [4.78, 5) is 2.95. The molecular formula is C19H34N2. The second kappa shape index (κ2) is 5.53. The lowest BCUT2D eigenvalue weighted by atomic mass is 9.81. The molecule has 0 aromatic heterocycles. The average Bonchev–Trinajstić information content (AvgIpc) is 3.23. The topological polar surface area (TPSA) is 15.3 Å². The van der Waals surface area contributed by atoms with Crippen LogP contribution >= 0.6 is 0 Å². The molecule has 0 radical (unpaired) electrons. The molecule has 4 aliphatic rings. The van der Waals surface area contributed by atoms with Gasteiger partial charge in [-0.25, -0.2) is 0 Å². The van der Waals surface area contributed by atoms with Gasteiger partial charge in [-0.05, 0) is 63.2 Å². The van der Waals surface area contributed by atoms with Crippen LogP contribution in [0.15, 0.2) is 0 Å². The minimum absolute atomic E-state index is 0.484. The molecule has 2 bridgehead atoms. The number of rotatable bonds is 3. The van der Waals surface area contributed by atoms with Gasteiger partial charge in [-0.15, -0.1) is 0 Å². The summed E-state index contributed by atoms with van der Waals surface area (Å²) in [6.07, 6.45) is 13.2. The molecule has 2 nitrogen and oxygen atoms in total. The van der Waals surface area contributed by atoms with Crippen molar-refractivity contribution >= 4 is 0 Å². The summed E-state index contributed by atoms with van der Waals surface area (Å²) in [7, 11) is 0. The molecular weight excluding hydrogens is 256 g/mol. The lowest BCUT2D eigenvalue weighted by Gasteiger charge is -2.51. The van der Waals surface area contributed by atoms with Gasteiger partial charge < -0.3 is 5.32 Å². The van der Waals surface area contributed by atoms with Gasteiger partial charge >= 0.3 is 0 Å². The molecule has 0 aromatic carbocycles. The maximum absolute atomic E-state index is 3.96. The van der Waals surface area contributed by atoms with Crippen molar-refractivity contribution in [1.82, 2.24) is 10.2 Å². The van der Waals surface area contributed by atoms with Crippen molar-refractivity contribution in [3.63, 3.8) is 0 Å². The number of hydrogen-bond acceptors (Lipinski definition) is 2. The lowest BCUT2D eigenvalue weighted by Crippen LogP contribution is -2.65. The third-order valence-corrected chi connectivity index (χ3v) is 7.63. The Morgan fingerprint density at radius 1 is 1.19 bits per heavy atom. The van der Waals surface area contributed by atoms with Crippen LogP contribution in [0.5, 0.6) is 0 Å². The van der Waals surface area contributed by atoms with Crippen LogP contribution in [0, 0.1) is 17.8 Å². The summed E-state index contributed by atoms with van der Waals surface area (Å²) in [6, 6.07) is 1.61. The van der Waals surface area contributed by atoms with Crippen LogP contribution in [0.3, 0.4) is 0 Å². The summed E-state index contributed by atoms with van der Waals surface area (Å²) in [5.74, 6) is 3.16. The molecule has 4 fully saturated rings. The Hall–Kier alpha value is -0.0800. The van der Waals surface area contributed by atoms with Crippen LogP contribution in [0.4, 0.5) is 0 Å². The molecule has 1 aliphatic heterocycles. The smallest absolute Gasteiger partial charge is 0.0309 e. The third-order valence-electron chi connectivity index (χ3n) is 7.63. The van der Waals surface area contributed by atoms with Gasteiger partial charge in [-0.3, -0.25) is 4.90 Å². The second-order valence-electron chi connectivity index (χ2n) is 8.68. The van der Waals surface area contributed by atoms with Gasteiger partial charge in [0.2, 0.25) is 0 Å². The van der Waals surface area contributed by atoms with Gasteiger partial charge in [-0.2, -0.15) is 0 Å². The van der Waals surface area contributed by atoms with E-state index in [2.05, 4.69) is 24.1 Å². The molecule has 5 unspecified atom stereocenters. The molecule has 0 aromatic rings. The van der Waals surface area contributed by atoms with E-state index in [1.165, 1.54) is 58.0 Å². The van der Waals surface area contributed by atoms with Crippen molar-refractivity contribution in [2.24, 2.45) is 17.8 Å². The average molecular weight is 290 g/mol. The van der Waals surface area contributed by atoms with E-state index in [9.17, 15) is 0 Å². The predicted molar refractivity (Wildman–Crippen MR) is 88.4 cm³/mol. The van der Waals surface area contributed by atoms with Crippen LogP contribution in [-0.2, 0) is 0 Å². The molecule has 1 saturated heterocycles. The lowest BCUT2D eigenvalue weighted by molar-refractivity contribution is 0.0134. The number of piperazine rings is 1. The van der Waals surface area contributed by atoms with E-state index in [1.54, 1.807) is 12.8 Å². The Morgan fingerprint density at radius 3 is 2.62 bits per heavy atom. The Balaban J connectivity index is 1.49. The van der Waals surface area contributed by atoms with Crippen LogP contribution in [0.2, 0.25) is 0 Å². The van der Waals surface area contributed by atoms with Gasteiger partial charge in [0.15, 0.2) is 0 Å². The highest BCUT2D eigenvalue weighted by atomic mass is 15.3. The minimum atomic E-state index is 0.484. The first kappa shape index (κ1) is 14.5. The van der Waals surface area contributed by atoms with Gasteiger partial charge in [-0.1, -0.05) is 26.2 Å². The predicted octanol–water partition coefficient (Wildman–Crippen LogP) is 3.81. The Labute approximate surface area is 131 Å². The van der Waals surface area contributed by atoms with Crippen LogP contribution < -0.4 is 5.32 Å². The van der Waals surface area contributed by atoms with Crippen molar-refractivity contribution < 1.29 is 0 Å². The van der Waals surface area contributed by atoms with E-state index in [1.807, 2.05) is 0 Å². The van der Waals surface area contributed by atoms with Crippen molar-refractivity contribution in [2.75, 3.05) is 13.1 Å². The van der Waals surface area contributed by atoms with E-state index in [4.69, 9.17) is 0 Å². The monoisotopic (exact) mass is 290 g/mol. The Bertz CT molecular complexity index is 374. The fourth-order valence-electron chi connectivity index (χ4n) is 6.36. The molecule has 1 heterocycles. The molecule has 1 spiro atoms. The van der Waals surface area contributed by atoms with Crippen molar-refractivity contribution in [3.8, 4) is 0 Å². The molecule has 120 valence electrons. The first-order valence-electron chi connectivity index (χ1n) is 9.71. The summed E-state index contributed by atoms with van der Waals surface area (Å²) in [6.45, 7) is 7.53. The zero-order chi connectivity index (χ0) is 14.4. The first-order chi connectivity index (χ1) is 10.2. The highest BCUT2D eigenvalue weighted by Crippen LogP contribution is 2.51. The standard InChI is InChI=1S/C19H34N2/c1-3-17-12-20-19(8-4-5-9-19)13-21(17)14(2)18-11-15-6-7-16(18)10-15/h14-18,20H,3-13H2,1-2H3. The van der Waals surface area contributed by atoms with E-state index in [0.29, 0.717) is 5.54 Å². The van der Waals surface area contributed by atoms with E-state index in [-0.39, 0.29) is 0 Å². The largest absolute Gasteiger partial charge is 0.308 e. The molecule has 2 heteroatoms. The van der Waals surface area contributed by atoms with E-state index >= 15 is 0 Å². The zero-order valence-electron chi connectivity index (χ0n) is 14.1. The first-order valence-corrected chi connectivity index (χ1v) is 9.71. The normalized spacial score (nSPS) is 43.7. The highest BCUT2D eigenvalue weighted by Gasteiger charge is 2.47. The highest BCUT2D eigenvalue weighted by molar-refractivity contribution is 5.04. The van der Waals surface area contributed by atoms with Gasteiger partial charge in [0.1, 0.15) is 0 Å². The maximum Gasteiger partial charge on any atom is 0.0309 e. The Morgan fingerprint density at radius 2 is 2.00 bits per heavy atom. The molecule has 3 aliphatic carbocycles. The van der Waals surface area contributed by atoms with Gasteiger partial charge in [0.05, 0.1) is 0 Å².